The molecule has 1 saturated heterocycles. The third-order valence-corrected chi connectivity index (χ3v) is 6.23. The predicted molar refractivity (Wildman–Crippen MR) is 114 cm³/mol. The van der Waals surface area contributed by atoms with E-state index in [9.17, 15) is 9.59 Å². The van der Waals surface area contributed by atoms with Crippen LogP contribution in [0.15, 0.2) is 18.2 Å². The molecule has 2 aliphatic rings. The van der Waals surface area contributed by atoms with Gasteiger partial charge in [0.1, 0.15) is 11.9 Å². The molecule has 0 bridgehead atoms. The van der Waals surface area contributed by atoms with E-state index in [4.69, 9.17) is 14.2 Å². The lowest BCUT2D eigenvalue weighted by atomic mass is 9.85. The van der Waals surface area contributed by atoms with Crippen LogP contribution in [-0.4, -0.2) is 68.9 Å². The molecule has 3 rings (SSSR count). The Morgan fingerprint density at radius 1 is 1.07 bits per heavy atom. The molecule has 0 spiro atoms. The number of rotatable bonds is 8. The minimum atomic E-state index is -0.583. The molecule has 7 heteroatoms. The van der Waals surface area contributed by atoms with Gasteiger partial charge in [0.2, 0.25) is 0 Å². The Morgan fingerprint density at radius 2 is 1.70 bits per heavy atom. The van der Waals surface area contributed by atoms with E-state index in [1.165, 1.54) is 27.1 Å². The fourth-order valence-corrected chi connectivity index (χ4v) is 4.40. The molecule has 1 aromatic carbocycles. The molecule has 1 N–H and O–H groups in total. The lowest BCUT2D eigenvalue weighted by Crippen LogP contribution is -2.53. The SMILES string of the molecule is COC(=O)c1ccc(OC2CC(N(CC3CCNCC3)C(C)C)C2)cc1C(=O)OC. The maximum absolute atomic E-state index is 12.1. The molecule has 2 fully saturated rings. The van der Waals surface area contributed by atoms with Gasteiger partial charge in [-0.3, -0.25) is 4.90 Å². The lowest BCUT2D eigenvalue weighted by Gasteiger charge is -2.46. The molecule has 1 heterocycles. The molecule has 166 valence electrons. The number of benzene rings is 1. The summed E-state index contributed by atoms with van der Waals surface area (Å²) in [5, 5.41) is 3.44. The van der Waals surface area contributed by atoms with Crippen molar-refractivity contribution in [1.82, 2.24) is 10.2 Å². The molecule has 1 aromatic rings. The summed E-state index contributed by atoms with van der Waals surface area (Å²) in [6.45, 7) is 7.93. The first-order chi connectivity index (χ1) is 14.4. The highest BCUT2D eigenvalue weighted by atomic mass is 16.5. The van der Waals surface area contributed by atoms with Gasteiger partial charge in [0.05, 0.1) is 25.3 Å². The number of carbonyl (C=O) groups excluding carboxylic acids is 2. The lowest BCUT2D eigenvalue weighted by molar-refractivity contribution is -0.00707. The normalized spacial score (nSPS) is 21.9. The van der Waals surface area contributed by atoms with Crippen LogP contribution in [-0.2, 0) is 9.47 Å². The van der Waals surface area contributed by atoms with Crippen LogP contribution in [0.1, 0.15) is 60.2 Å². The van der Waals surface area contributed by atoms with Crippen LogP contribution in [0.2, 0.25) is 0 Å². The monoisotopic (exact) mass is 418 g/mol. The molecule has 7 nitrogen and oxygen atoms in total. The van der Waals surface area contributed by atoms with Crippen LogP contribution in [0.5, 0.6) is 5.75 Å². The average molecular weight is 419 g/mol. The fourth-order valence-electron chi connectivity index (χ4n) is 4.40. The van der Waals surface area contributed by atoms with Crippen LogP contribution in [0.4, 0.5) is 0 Å². The molecule has 0 amide bonds. The fraction of sp³-hybridized carbons (Fsp3) is 0.652. The standard InChI is InChI=1S/C23H34N2O5/c1-15(2)25(14-16-7-9-24-10-8-16)17-11-19(12-17)30-18-5-6-20(22(26)28-3)21(13-18)23(27)29-4/h5-6,13,15-17,19,24H,7-12,14H2,1-4H3. The topological polar surface area (TPSA) is 77.1 Å². The van der Waals surface area contributed by atoms with Gasteiger partial charge in [-0.2, -0.15) is 0 Å². The highest BCUT2D eigenvalue weighted by Crippen LogP contribution is 2.33. The largest absolute Gasteiger partial charge is 0.490 e. The number of methoxy groups -OCH3 is 2. The second kappa shape index (κ2) is 10.3. The summed E-state index contributed by atoms with van der Waals surface area (Å²) in [4.78, 5) is 26.6. The van der Waals surface area contributed by atoms with Gasteiger partial charge < -0.3 is 19.5 Å². The van der Waals surface area contributed by atoms with E-state index >= 15 is 0 Å². The average Bonchev–Trinajstić information content (AvgIpc) is 2.74. The summed E-state index contributed by atoms with van der Waals surface area (Å²) >= 11 is 0. The van der Waals surface area contributed by atoms with Gasteiger partial charge in [-0.25, -0.2) is 9.59 Å². The minimum absolute atomic E-state index is 0.110. The Bertz CT molecular complexity index is 739. The van der Waals surface area contributed by atoms with Crippen LogP contribution in [0.25, 0.3) is 0 Å². The number of piperidine rings is 1. The first-order valence-corrected chi connectivity index (χ1v) is 10.9. The van der Waals surface area contributed by atoms with Gasteiger partial charge in [0, 0.05) is 31.5 Å². The molecule has 0 unspecified atom stereocenters. The van der Waals surface area contributed by atoms with Crippen LogP contribution < -0.4 is 10.1 Å². The summed E-state index contributed by atoms with van der Waals surface area (Å²) in [6.07, 6.45) is 4.54. The number of nitrogens with zero attached hydrogens (tertiary/aromatic N) is 1. The smallest absolute Gasteiger partial charge is 0.338 e. The number of hydrogen-bond donors (Lipinski definition) is 1. The van der Waals surface area contributed by atoms with E-state index in [0.717, 1.165) is 38.4 Å². The second-order valence-corrected chi connectivity index (χ2v) is 8.54. The Labute approximate surface area is 179 Å². The van der Waals surface area contributed by atoms with Crippen LogP contribution in [0, 0.1) is 5.92 Å². The zero-order valence-electron chi connectivity index (χ0n) is 18.5. The van der Waals surface area contributed by atoms with E-state index in [-0.39, 0.29) is 17.2 Å². The Balaban J connectivity index is 1.60. The van der Waals surface area contributed by atoms with Crippen molar-refractivity contribution >= 4 is 11.9 Å². The zero-order chi connectivity index (χ0) is 21.7. The molecule has 1 aliphatic heterocycles. The van der Waals surface area contributed by atoms with Gasteiger partial charge in [-0.1, -0.05) is 0 Å². The van der Waals surface area contributed by atoms with Crippen molar-refractivity contribution in [2.24, 2.45) is 5.92 Å². The molecule has 1 saturated carbocycles. The molecule has 30 heavy (non-hydrogen) atoms. The van der Waals surface area contributed by atoms with E-state index in [2.05, 4.69) is 24.1 Å². The molecule has 0 aromatic heterocycles. The van der Waals surface area contributed by atoms with Gasteiger partial charge in [-0.15, -0.1) is 0 Å². The van der Waals surface area contributed by atoms with Gasteiger partial charge >= 0.3 is 11.9 Å². The zero-order valence-corrected chi connectivity index (χ0v) is 18.5. The van der Waals surface area contributed by atoms with E-state index < -0.39 is 11.9 Å². The summed E-state index contributed by atoms with van der Waals surface area (Å²) in [5.41, 5.74) is 0.337. The number of carbonyl (C=O) groups is 2. The number of hydrogen-bond acceptors (Lipinski definition) is 7. The summed E-state index contributed by atoms with van der Waals surface area (Å²) in [5.74, 6) is 0.180. The van der Waals surface area contributed by atoms with Crippen molar-refractivity contribution in [2.75, 3.05) is 33.9 Å². The molecule has 0 atom stereocenters. The molecular formula is C23H34N2O5. The van der Waals surface area contributed by atoms with Gasteiger partial charge in [-0.05, 0) is 63.9 Å². The van der Waals surface area contributed by atoms with Crippen molar-refractivity contribution in [3.8, 4) is 5.75 Å². The summed E-state index contributed by atoms with van der Waals surface area (Å²) in [6, 6.07) is 5.87. The van der Waals surface area contributed by atoms with Crippen LogP contribution >= 0.6 is 0 Å². The van der Waals surface area contributed by atoms with E-state index in [0.29, 0.717) is 17.8 Å². The van der Waals surface area contributed by atoms with E-state index in [1.807, 2.05) is 0 Å². The number of esters is 2. The summed E-state index contributed by atoms with van der Waals surface area (Å²) < 4.78 is 15.7. The predicted octanol–water partition coefficient (Wildman–Crippen LogP) is 2.88. The molecule has 1 aliphatic carbocycles. The minimum Gasteiger partial charge on any atom is -0.490 e. The van der Waals surface area contributed by atoms with Crippen molar-refractivity contribution < 1.29 is 23.8 Å². The second-order valence-electron chi connectivity index (χ2n) is 8.54. The highest BCUT2D eigenvalue weighted by Gasteiger charge is 2.37. The van der Waals surface area contributed by atoms with Crippen molar-refractivity contribution in [3.05, 3.63) is 29.3 Å². The number of nitrogens with one attached hydrogen (secondary N) is 1. The van der Waals surface area contributed by atoms with Crippen LogP contribution in [0.3, 0.4) is 0 Å². The third-order valence-electron chi connectivity index (χ3n) is 6.23. The highest BCUT2D eigenvalue weighted by molar-refractivity contribution is 6.03. The maximum Gasteiger partial charge on any atom is 0.338 e. The van der Waals surface area contributed by atoms with Gasteiger partial charge in [0.15, 0.2) is 0 Å². The third kappa shape index (κ3) is 5.32. The molecule has 0 radical (unpaired) electrons. The Hall–Kier alpha value is -2.12. The number of ether oxygens (including phenoxy) is 3. The van der Waals surface area contributed by atoms with Gasteiger partial charge in [0.25, 0.3) is 0 Å². The van der Waals surface area contributed by atoms with Crippen molar-refractivity contribution in [1.29, 1.82) is 0 Å². The quantitative estimate of drug-likeness (QED) is 0.651. The first kappa shape index (κ1) is 22.6. The summed E-state index contributed by atoms with van der Waals surface area (Å²) in [7, 11) is 2.57. The molecular weight excluding hydrogens is 384 g/mol. The van der Waals surface area contributed by atoms with Crippen molar-refractivity contribution in [3.63, 3.8) is 0 Å². The van der Waals surface area contributed by atoms with E-state index in [1.54, 1.807) is 18.2 Å². The Kier molecular flexibility index (Phi) is 7.72. The first-order valence-electron chi connectivity index (χ1n) is 10.9. The van der Waals surface area contributed by atoms with Crippen molar-refractivity contribution in [2.45, 2.75) is 57.7 Å². The Morgan fingerprint density at radius 3 is 2.30 bits per heavy atom. The maximum atomic E-state index is 12.1.